The summed E-state index contributed by atoms with van der Waals surface area (Å²) in [6.45, 7) is 4.90. The Morgan fingerprint density at radius 1 is 1.24 bits per heavy atom. The van der Waals surface area contributed by atoms with Crippen LogP contribution in [0.3, 0.4) is 0 Å². The summed E-state index contributed by atoms with van der Waals surface area (Å²) in [7, 11) is 0. The number of carbonyl (C=O) groups is 1. The molecule has 1 aliphatic rings. The fourth-order valence-corrected chi connectivity index (χ4v) is 2.73. The summed E-state index contributed by atoms with van der Waals surface area (Å²) in [6.07, 6.45) is 0. The fraction of sp³-hybridized carbons (Fsp3) is 0.316. The first-order valence-corrected chi connectivity index (χ1v) is 8.26. The van der Waals surface area contributed by atoms with E-state index in [-0.39, 0.29) is 24.7 Å². The molecule has 0 aromatic heterocycles. The molecule has 1 aliphatic heterocycles. The summed E-state index contributed by atoms with van der Waals surface area (Å²) in [4.78, 5) is 14.2. The maximum atomic E-state index is 13.3. The Balaban J connectivity index is 1.65. The third-order valence-electron chi connectivity index (χ3n) is 4.17. The van der Waals surface area contributed by atoms with Crippen molar-refractivity contribution in [3.63, 3.8) is 0 Å². The lowest BCUT2D eigenvalue weighted by Gasteiger charge is -2.24. The van der Waals surface area contributed by atoms with Gasteiger partial charge in [-0.3, -0.25) is 0 Å². The van der Waals surface area contributed by atoms with Crippen LogP contribution in [0.2, 0.25) is 0 Å². The molecule has 0 saturated carbocycles. The maximum absolute atomic E-state index is 13.3. The van der Waals surface area contributed by atoms with Gasteiger partial charge in [0.15, 0.2) is 11.5 Å². The van der Waals surface area contributed by atoms with Crippen molar-refractivity contribution in [3.05, 3.63) is 59.4 Å². The number of urea groups is 1. The third-order valence-corrected chi connectivity index (χ3v) is 4.17. The Kier molecular flexibility index (Phi) is 5.07. The average Bonchev–Trinajstić information content (AvgIpc) is 3.07. The second-order valence-electron chi connectivity index (χ2n) is 5.93. The molecule has 132 valence electrons. The van der Waals surface area contributed by atoms with E-state index in [1.807, 2.05) is 32.0 Å². The van der Waals surface area contributed by atoms with Crippen molar-refractivity contribution in [1.82, 2.24) is 10.2 Å². The lowest BCUT2D eigenvalue weighted by atomic mass is 10.1. The van der Waals surface area contributed by atoms with Gasteiger partial charge in [-0.15, -0.1) is 0 Å². The number of nitrogens with zero attached hydrogens (tertiary/aromatic N) is 1. The molecule has 5 nitrogen and oxygen atoms in total. The number of nitrogens with one attached hydrogen (secondary N) is 1. The highest BCUT2D eigenvalue weighted by atomic mass is 19.1. The van der Waals surface area contributed by atoms with Crippen molar-refractivity contribution in [1.29, 1.82) is 0 Å². The summed E-state index contributed by atoms with van der Waals surface area (Å²) in [5.41, 5.74) is 1.69. The van der Waals surface area contributed by atoms with Gasteiger partial charge in [0.1, 0.15) is 5.82 Å². The van der Waals surface area contributed by atoms with Crippen molar-refractivity contribution < 1.29 is 18.7 Å². The van der Waals surface area contributed by atoms with Gasteiger partial charge in [0.25, 0.3) is 0 Å². The summed E-state index contributed by atoms with van der Waals surface area (Å²) >= 11 is 0. The van der Waals surface area contributed by atoms with Gasteiger partial charge >= 0.3 is 6.03 Å². The topological polar surface area (TPSA) is 50.8 Å². The molecule has 0 fully saturated rings. The summed E-state index contributed by atoms with van der Waals surface area (Å²) in [5, 5.41) is 2.97. The first-order chi connectivity index (χ1) is 12.1. The van der Waals surface area contributed by atoms with E-state index in [0.29, 0.717) is 24.6 Å². The van der Waals surface area contributed by atoms with E-state index in [4.69, 9.17) is 9.47 Å². The Hall–Kier alpha value is -2.76. The van der Waals surface area contributed by atoms with E-state index >= 15 is 0 Å². The number of benzene rings is 2. The molecule has 1 unspecified atom stereocenters. The number of hydrogen-bond donors (Lipinski definition) is 1. The van der Waals surface area contributed by atoms with Crippen LogP contribution >= 0.6 is 0 Å². The molecule has 2 aromatic rings. The lowest BCUT2D eigenvalue weighted by Crippen LogP contribution is -2.40. The molecule has 6 heteroatoms. The summed E-state index contributed by atoms with van der Waals surface area (Å²) in [5.74, 6) is 1.09. The van der Waals surface area contributed by atoms with E-state index in [1.165, 1.54) is 12.1 Å². The smallest absolute Gasteiger partial charge is 0.318 e. The standard InChI is InChI=1S/C19H21FN2O3/c1-3-22(11-14-5-4-6-16(20)9-14)19(23)21-13(2)15-7-8-17-18(10-15)25-12-24-17/h4-10,13H,3,11-12H2,1-2H3,(H,21,23). The van der Waals surface area contributed by atoms with Crippen LogP contribution in [0.1, 0.15) is 31.0 Å². The van der Waals surface area contributed by atoms with Gasteiger partial charge in [-0.2, -0.15) is 0 Å². The zero-order valence-corrected chi connectivity index (χ0v) is 14.3. The zero-order chi connectivity index (χ0) is 17.8. The Morgan fingerprint density at radius 2 is 2.04 bits per heavy atom. The predicted molar refractivity (Wildman–Crippen MR) is 92.0 cm³/mol. The number of ether oxygens (including phenoxy) is 2. The highest BCUT2D eigenvalue weighted by molar-refractivity contribution is 5.74. The Morgan fingerprint density at radius 3 is 2.80 bits per heavy atom. The highest BCUT2D eigenvalue weighted by Crippen LogP contribution is 2.34. The monoisotopic (exact) mass is 344 g/mol. The van der Waals surface area contributed by atoms with Crippen LogP contribution in [-0.2, 0) is 6.54 Å². The molecule has 0 radical (unpaired) electrons. The van der Waals surface area contributed by atoms with Crippen molar-refractivity contribution in [3.8, 4) is 11.5 Å². The van der Waals surface area contributed by atoms with Gasteiger partial charge in [-0.05, 0) is 49.2 Å². The van der Waals surface area contributed by atoms with Gasteiger partial charge in [-0.25, -0.2) is 9.18 Å². The van der Waals surface area contributed by atoms with E-state index in [2.05, 4.69) is 5.32 Å². The van der Waals surface area contributed by atoms with Gasteiger partial charge < -0.3 is 19.7 Å². The van der Waals surface area contributed by atoms with Crippen LogP contribution in [0.5, 0.6) is 11.5 Å². The minimum Gasteiger partial charge on any atom is -0.454 e. The minimum atomic E-state index is -0.303. The maximum Gasteiger partial charge on any atom is 0.318 e. The van der Waals surface area contributed by atoms with Crippen LogP contribution < -0.4 is 14.8 Å². The van der Waals surface area contributed by atoms with Gasteiger partial charge in [0, 0.05) is 13.1 Å². The first-order valence-electron chi connectivity index (χ1n) is 8.26. The molecule has 1 heterocycles. The van der Waals surface area contributed by atoms with Crippen LogP contribution in [0.15, 0.2) is 42.5 Å². The number of hydrogen-bond acceptors (Lipinski definition) is 3. The van der Waals surface area contributed by atoms with E-state index in [1.54, 1.807) is 17.0 Å². The minimum absolute atomic E-state index is 0.191. The second kappa shape index (κ2) is 7.42. The number of amides is 2. The van der Waals surface area contributed by atoms with Crippen molar-refractivity contribution in [2.24, 2.45) is 0 Å². The number of halogens is 1. The molecule has 2 aromatic carbocycles. The van der Waals surface area contributed by atoms with E-state index in [0.717, 1.165) is 11.1 Å². The largest absolute Gasteiger partial charge is 0.454 e. The average molecular weight is 344 g/mol. The molecule has 2 amide bonds. The quantitative estimate of drug-likeness (QED) is 0.896. The molecule has 3 rings (SSSR count). The molecule has 1 N–H and O–H groups in total. The second-order valence-corrected chi connectivity index (χ2v) is 5.93. The van der Waals surface area contributed by atoms with Gasteiger partial charge in [0.05, 0.1) is 6.04 Å². The van der Waals surface area contributed by atoms with Crippen molar-refractivity contribution in [2.75, 3.05) is 13.3 Å². The molecule has 0 spiro atoms. The van der Waals surface area contributed by atoms with Crippen LogP contribution in [0, 0.1) is 5.82 Å². The molecular weight excluding hydrogens is 323 g/mol. The molecule has 25 heavy (non-hydrogen) atoms. The SMILES string of the molecule is CCN(Cc1cccc(F)c1)C(=O)NC(C)c1ccc2c(c1)OCO2. The molecule has 0 bridgehead atoms. The molecular formula is C19H21FN2O3. The Labute approximate surface area is 146 Å². The number of fused-ring (bicyclic) bond motifs is 1. The summed E-state index contributed by atoms with van der Waals surface area (Å²) < 4.78 is 24.0. The van der Waals surface area contributed by atoms with Crippen LogP contribution in [0.25, 0.3) is 0 Å². The fourth-order valence-electron chi connectivity index (χ4n) is 2.73. The molecule has 0 aliphatic carbocycles. The zero-order valence-electron chi connectivity index (χ0n) is 14.3. The molecule has 1 atom stereocenters. The van der Waals surface area contributed by atoms with E-state index in [9.17, 15) is 9.18 Å². The van der Waals surface area contributed by atoms with Gasteiger partial charge in [-0.1, -0.05) is 18.2 Å². The van der Waals surface area contributed by atoms with Crippen molar-refractivity contribution >= 4 is 6.03 Å². The third kappa shape index (κ3) is 4.02. The van der Waals surface area contributed by atoms with E-state index < -0.39 is 0 Å². The Bertz CT molecular complexity index is 766. The van der Waals surface area contributed by atoms with Gasteiger partial charge in [0.2, 0.25) is 6.79 Å². The predicted octanol–water partition coefficient (Wildman–Crippen LogP) is 3.85. The normalized spacial score (nSPS) is 13.4. The lowest BCUT2D eigenvalue weighted by molar-refractivity contribution is 0.174. The highest BCUT2D eigenvalue weighted by Gasteiger charge is 2.19. The molecule has 0 saturated heterocycles. The summed E-state index contributed by atoms with van der Waals surface area (Å²) in [6, 6.07) is 11.5. The van der Waals surface area contributed by atoms with Crippen molar-refractivity contribution in [2.45, 2.75) is 26.4 Å². The van der Waals surface area contributed by atoms with Crippen LogP contribution in [-0.4, -0.2) is 24.3 Å². The van der Waals surface area contributed by atoms with Crippen LogP contribution in [0.4, 0.5) is 9.18 Å². The number of rotatable bonds is 5. The number of carbonyl (C=O) groups excluding carboxylic acids is 1. The first kappa shape index (κ1) is 17.1.